The molecular formula is C22H33F2N3. The van der Waals surface area contributed by atoms with Crippen LogP contribution in [0.4, 0.5) is 14.5 Å². The molecule has 0 amide bonds. The van der Waals surface area contributed by atoms with Gasteiger partial charge >= 0.3 is 0 Å². The third kappa shape index (κ3) is 5.30. The number of rotatable bonds is 5. The minimum atomic E-state index is -2.50. The van der Waals surface area contributed by atoms with E-state index in [4.69, 9.17) is 0 Å². The van der Waals surface area contributed by atoms with Gasteiger partial charge < -0.3 is 4.90 Å². The normalized spacial score (nSPS) is 13.4. The van der Waals surface area contributed by atoms with Crippen molar-refractivity contribution in [3.8, 4) is 11.3 Å². The number of unbranched alkanes of at least 4 members (excludes halogenated alkanes) is 3. The maximum Gasteiger partial charge on any atom is 0.264 e. The highest BCUT2D eigenvalue weighted by Gasteiger charge is 2.23. The van der Waals surface area contributed by atoms with Gasteiger partial charge in [-0.25, -0.2) is 8.78 Å². The van der Waals surface area contributed by atoms with Gasteiger partial charge in [-0.1, -0.05) is 39.5 Å². The second kappa shape index (κ2) is 9.86. The molecule has 3 nitrogen and oxygen atoms in total. The largest absolute Gasteiger partial charge is 0.374 e. The molecule has 0 fully saturated rings. The molecule has 0 spiro atoms. The van der Waals surface area contributed by atoms with Gasteiger partial charge in [-0.05, 0) is 43.5 Å². The quantitative estimate of drug-likeness (QED) is 0.570. The van der Waals surface area contributed by atoms with Gasteiger partial charge in [-0.3, -0.25) is 4.68 Å². The van der Waals surface area contributed by atoms with E-state index in [-0.39, 0.29) is 5.56 Å². The lowest BCUT2D eigenvalue weighted by Gasteiger charge is -2.29. The molecule has 1 aromatic heterocycles. The van der Waals surface area contributed by atoms with Crippen LogP contribution in [0.25, 0.3) is 11.3 Å². The van der Waals surface area contributed by atoms with Gasteiger partial charge in [0.1, 0.15) is 0 Å². The van der Waals surface area contributed by atoms with Crippen molar-refractivity contribution < 1.29 is 8.78 Å². The number of nitrogens with zero attached hydrogens (tertiary/aromatic N) is 3. The lowest BCUT2D eigenvalue weighted by molar-refractivity contribution is 0.152. The number of aromatic nitrogens is 2. The zero-order valence-electron chi connectivity index (χ0n) is 17.4. The van der Waals surface area contributed by atoms with E-state index in [0.29, 0.717) is 11.3 Å². The number of anilines is 1. The van der Waals surface area contributed by atoms with Crippen LogP contribution in [0, 0.1) is 6.92 Å². The molecule has 1 aliphatic rings. The molecule has 0 saturated heterocycles. The Bertz CT molecular complexity index is 714. The molecule has 0 bridgehead atoms. The molecule has 1 aromatic carbocycles. The number of hydrogen-bond acceptors (Lipinski definition) is 2. The molecular weight excluding hydrogens is 344 g/mol. The molecule has 0 aliphatic carbocycles. The van der Waals surface area contributed by atoms with E-state index < -0.39 is 6.43 Å². The zero-order chi connectivity index (χ0) is 20.0. The highest BCUT2D eigenvalue weighted by molar-refractivity contribution is 5.72. The summed E-state index contributed by atoms with van der Waals surface area (Å²) in [6.07, 6.45) is 5.03. The fourth-order valence-electron chi connectivity index (χ4n) is 3.43. The predicted molar refractivity (Wildman–Crippen MR) is 110 cm³/mol. The molecule has 2 heterocycles. The van der Waals surface area contributed by atoms with Crippen LogP contribution in [0.1, 0.15) is 69.2 Å². The van der Waals surface area contributed by atoms with Crippen LogP contribution >= 0.6 is 0 Å². The summed E-state index contributed by atoms with van der Waals surface area (Å²) in [5, 5.41) is 4.36. The molecule has 2 aromatic rings. The highest BCUT2D eigenvalue weighted by Crippen LogP contribution is 2.38. The maximum atomic E-state index is 13.5. The fourth-order valence-corrected chi connectivity index (χ4v) is 3.43. The number of benzene rings is 1. The summed E-state index contributed by atoms with van der Waals surface area (Å²) in [7, 11) is 3.78. The Hall–Kier alpha value is -1.91. The Morgan fingerprint density at radius 3 is 2.26 bits per heavy atom. The van der Waals surface area contributed by atoms with Crippen LogP contribution in [0.15, 0.2) is 18.2 Å². The summed E-state index contributed by atoms with van der Waals surface area (Å²) in [5.74, 6) is 0. The molecule has 0 N–H and O–H groups in total. The van der Waals surface area contributed by atoms with E-state index in [2.05, 4.69) is 23.8 Å². The van der Waals surface area contributed by atoms with E-state index in [1.165, 1.54) is 25.7 Å². The van der Waals surface area contributed by atoms with E-state index in [9.17, 15) is 8.78 Å². The Labute approximate surface area is 162 Å². The standard InChI is InChI=1S/C16H19F2N3.C6H14/c1-10-7-14(19-21(10)3)12-8-11-5-4-6-20(2)15(11)9-13(12)16(17)18;1-3-5-6-4-2/h7-9,16H,4-6H2,1-3H3;3-6H2,1-2H3. The van der Waals surface area contributed by atoms with E-state index in [1.54, 1.807) is 10.7 Å². The van der Waals surface area contributed by atoms with Crippen LogP contribution in [0.5, 0.6) is 0 Å². The van der Waals surface area contributed by atoms with Gasteiger partial charge in [0.2, 0.25) is 0 Å². The van der Waals surface area contributed by atoms with Crippen molar-refractivity contribution in [1.29, 1.82) is 0 Å². The van der Waals surface area contributed by atoms with Gasteiger partial charge in [0, 0.05) is 43.1 Å². The van der Waals surface area contributed by atoms with Crippen molar-refractivity contribution in [2.24, 2.45) is 7.05 Å². The Morgan fingerprint density at radius 2 is 1.74 bits per heavy atom. The summed E-state index contributed by atoms with van der Waals surface area (Å²) < 4.78 is 28.6. The van der Waals surface area contributed by atoms with Crippen molar-refractivity contribution in [2.75, 3.05) is 18.5 Å². The molecule has 5 heteroatoms. The first-order valence-corrected chi connectivity index (χ1v) is 10.1. The summed E-state index contributed by atoms with van der Waals surface area (Å²) in [6.45, 7) is 7.30. The molecule has 0 atom stereocenters. The number of halogens is 2. The second-order valence-corrected chi connectivity index (χ2v) is 7.40. The van der Waals surface area contributed by atoms with Crippen LogP contribution in [-0.4, -0.2) is 23.4 Å². The zero-order valence-corrected chi connectivity index (χ0v) is 17.4. The molecule has 0 unspecified atom stereocenters. The van der Waals surface area contributed by atoms with Gasteiger partial charge in [-0.2, -0.15) is 5.10 Å². The average Bonchev–Trinajstić information content (AvgIpc) is 2.98. The number of aryl methyl sites for hydroxylation is 3. The minimum absolute atomic E-state index is 0.0700. The van der Waals surface area contributed by atoms with Gasteiger partial charge in [0.05, 0.1) is 5.69 Å². The van der Waals surface area contributed by atoms with Crippen molar-refractivity contribution >= 4 is 5.69 Å². The predicted octanol–water partition coefficient (Wildman–Crippen LogP) is 6.30. The Kier molecular flexibility index (Phi) is 7.81. The van der Waals surface area contributed by atoms with Crippen molar-refractivity contribution in [1.82, 2.24) is 9.78 Å². The highest BCUT2D eigenvalue weighted by atomic mass is 19.3. The van der Waals surface area contributed by atoms with E-state index in [1.807, 2.05) is 33.2 Å². The summed E-state index contributed by atoms with van der Waals surface area (Å²) >= 11 is 0. The molecule has 0 radical (unpaired) electrons. The number of fused-ring (bicyclic) bond motifs is 1. The number of hydrogen-bond donors (Lipinski definition) is 0. The maximum absolute atomic E-state index is 13.5. The van der Waals surface area contributed by atoms with Crippen molar-refractivity contribution in [3.05, 3.63) is 35.0 Å². The summed E-state index contributed by atoms with van der Waals surface area (Å²) in [4.78, 5) is 2.05. The van der Waals surface area contributed by atoms with Crippen molar-refractivity contribution in [2.45, 2.75) is 65.7 Å². The Balaban J connectivity index is 0.000000380. The first-order valence-electron chi connectivity index (χ1n) is 10.1. The van der Waals surface area contributed by atoms with E-state index >= 15 is 0 Å². The Morgan fingerprint density at radius 1 is 1.07 bits per heavy atom. The molecule has 27 heavy (non-hydrogen) atoms. The monoisotopic (exact) mass is 377 g/mol. The topological polar surface area (TPSA) is 21.1 Å². The third-order valence-electron chi connectivity index (χ3n) is 5.18. The van der Waals surface area contributed by atoms with Crippen LogP contribution < -0.4 is 4.90 Å². The third-order valence-corrected chi connectivity index (χ3v) is 5.18. The van der Waals surface area contributed by atoms with Crippen LogP contribution in [-0.2, 0) is 13.5 Å². The SMILES string of the molecule is CCCCCC.Cc1cc(-c2cc3c(cc2C(F)F)N(C)CCC3)nn1C. The molecule has 3 rings (SSSR count). The minimum Gasteiger partial charge on any atom is -0.374 e. The molecule has 150 valence electrons. The summed E-state index contributed by atoms with van der Waals surface area (Å²) in [6, 6.07) is 5.40. The molecule has 0 saturated carbocycles. The second-order valence-electron chi connectivity index (χ2n) is 7.40. The fraction of sp³-hybridized carbons (Fsp3) is 0.591. The van der Waals surface area contributed by atoms with Gasteiger partial charge in [-0.15, -0.1) is 0 Å². The first kappa shape index (κ1) is 21.4. The van der Waals surface area contributed by atoms with Gasteiger partial charge in [0.25, 0.3) is 6.43 Å². The van der Waals surface area contributed by atoms with Crippen LogP contribution in [0.2, 0.25) is 0 Å². The first-order chi connectivity index (χ1) is 12.9. The average molecular weight is 378 g/mol. The summed E-state index contributed by atoms with van der Waals surface area (Å²) in [5.41, 5.74) is 4.27. The number of alkyl halides is 2. The van der Waals surface area contributed by atoms with E-state index in [0.717, 1.165) is 36.3 Å². The lowest BCUT2D eigenvalue weighted by Crippen LogP contribution is -2.25. The smallest absolute Gasteiger partial charge is 0.264 e. The lowest BCUT2D eigenvalue weighted by atomic mass is 9.94. The van der Waals surface area contributed by atoms with Gasteiger partial charge in [0.15, 0.2) is 0 Å². The van der Waals surface area contributed by atoms with Crippen LogP contribution in [0.3, 0.4) is 0 Å². The molecule has 1 aliphatic heterocycles. The van der Waals surface area contributed by atoms with Crippen molar-refractivity contribution in [3.63, 3.8) is 0 Å².